The van der Waals surface area contributed by atoms with Crippen LogP contribution in [0.2, 0.25) is 0 Å². The minimum Gasteiger partial charge on any atom is -0.361 e. The Hall–Kier alpha value is -2.82. The molecule has 0 atom stereocenters. The van der Waals surface area contributed by atoms with Crippen LogP contribution in [0.3, 0.4) is 0 Å². The number of hydrogen-bond acceptors (Lipinski definition) is 2. The zero-order valence-electron chi connectivity index (χ0n) is 14.3. The van der Waals surface area contributed by atoms with Crippen LogP contribution in [0.5, 0.6) is 0 Å². The lowest BCUT2D eigenvalue weighted by Crippen LogP contribution is -2.23. The highest BCUT2D eigenvalue weighted by molar-refractivity contribution is 5.92. The second-order valence-electron chi connectivity index (χ2n) is 5.94. The number of H-pyrrole nitrogens is 1. The van der Waals surface area contributed by atoms with E-state index in [2.05, 4.69) is 27.5 Å². The number of benzene rings is 1. The van der Waals surface area contributed by atoms with Crippen molar-refractivity contribution in [1.82, 2.24) is 20.1 Å². The molecule has 124 valence electrons. The molecule has 5 nitrogen and oxygen atoms in total. The lowest BCUT2D eigenvalue weighted by Gasteiger charge is -2.02. The third kappa shape index (κ3) is 3.25. The number of aromatic nitrogens is 3. The summed E-state index contributed by atoms with van der Waals surface area (Å²) in [6.45, 7) is 4.55. The lowest BCUT2D eigenvalue weighted by molar-refractivity contribution is -0.116. The van der Waals surface area contributed by atoms with E-state index in [0.717, 1.165) is 28.9 Å². The van der Waals surface area contributed by atoms with E-state index in [-0.39, 0.29) is 5.91 Å². The molecule has 0 radical (unpaired) electrons. The summed E-state index contributed by atoms with van der Waals surface area (Å²) in [5.41, 5.74) is 5.33. The molecule has 24 heavy (non-hydrogen) atoms. The first-order valence-corrected chi connectivity index (χ1v) is 8.07. The molecule has 0 aliphatic carbocycles. The number of carbonyl (C=O) groups is 1. The van der Waals surface area contributed by atoms with Crippen LogP contribution in [-0.2, 0) is 18.3 Å². The van der Waals surface area contributed by atoms with Gasteiger partial charge in [0, 0.05) is 48.0 Å². The van der Waals surface area contributed by atoms with Crippen LogP contribution < -0.4 is 5.32 Å². The topological polar surface area (TPSA) is 62.7 Å². The van der Waals surface area contributed by atoms with Gasteiger partial charge in [0.1, 0.15) is 0 Å². The monoisotopic (exact) mass is 322 g/mol. The molecular weight excluding hydrogens is 300 g/mol. The van der Waals surface area contributed by atoms with Crippen molar-refractivity contribution in [3.05, 3.63) is 59.1 Å². The zero-order valence-corrected chi connectivity index (χ0v) is 14.3. The smallest absolute Gasteiger partial charge is 0.244 e. The molecule has 0 aliphatic heterocycles. The van der Waals surface area contributed by atoms with E-state index in [1.165, 1.54) is 10.9 Å². The first-order valence-electron chi connectivity index (χ1n) is 8.07. The van der Waals surface area contributed by atoms with Gasteiger partial charge in [0.25, 0.3) is 0 Å². The van der Waals surface area contributed by atoms with E-state index in [1.54, 1.807) is 6.08 Å². The van der Waals surface area contributed by atoms with Gasteiger partial charge in [0.2, 0.25) is 5.91 Å². The fourth-order valence-electron chi connectivity index (χ4n) is 2.91. The predicted octanol–water partition coefficient (Wildman–Crippen LogP) is 2.89. The number of nitrogens with zero attached hydrogens (tertiary/aromatic N) is 2. The van der Waals surface area contributed by atoms with Gasteiger partial charge in [0.05, 0.1) is 5.69 Å². The van der Waals surface area contributed by atoms with E-state index in [4.69, 9.17) is 0 Å². The summed E-state index contributed by atoms with van der Waals surface area (Å²) in [5, 5.41) is 8.49. The quantitative estimate of drug-likeness (QED) is 0.710. The fourth-order valence-corrected chi connectivity index (χ4v) is 2.91. The molecule has 0 spiro atoms. The molecular formula is C19H22N4O. The van der Waals surface area contributed by atoms with Gasteiger partial charge in [-0.05, 0) is 38.0 Å². The van der Waals surface area contributed by atoms with Crippen LogP contribution in [0.1, 0.15) is 22.5 Å². The summed E-state index contributed by atoms with van der Waals surface area (Å²) in [6.07, 6.45) is 6.22. The number of para-hydroxylation sites is 1. The molecule has 5 heteroatoms. The molecule has 0 saturated carbocycles. The SMILES string of the molecule is Cc1nn(C)c(C)c1/C=C/C(=O)NCCc1c[nH]c2ccccc12. The Bertz CT molecular complexity index is 901. The second-order valence-corrected chi connectivity index (χ2v) is 5.94. The summed E-state index contributed by atoms with van der Waals surface area (Å²) in [5.74, 6) is -0.0857. The van der Waals surface area contributed by atoms with E-state index in [1.807, 2.05) is 50.0 Å². The molecule has 2 N–H and O–H groups in total. The van der Waals surface area contributed by atoms with Crippen molar-refractivity contribution >= 4 is 22.9 Å². The van der Waals surface area contributed by atoms with E-state index in [9.17, 15) is 4.79 Å². The number of aromatic amines is 1. The Morgan fingerprint density at radius 2 is 2.12 bits per heavy atom. The third-order valence-corrected chi connectivity index (χ3v) is 4.33. The van der Waals surface area contributed by atoms with Crippen LogP contribution >= 0.6 is 0 Å². The molecule has 1 amide bonds. The van der Waals surface area contributed by atoms with Crippen LogP contribution in [0.25, 0.3) is 17.0 Å². The minimum absolute atomic E-state index is 0.0857. The van der Waals surface area contributed by atoms with Crippen molar-refractivity contribution in [2.45, 2.75) is 20.3 Å². The molecule has 2 aromatic heterocycles. The largest absolute Gasteiger partial charge is 0.361 e. The number of aryl methyl sites for hydroxylation is 2. The number of amides is 1. The van der Waals surface area contributed by atoms with Gasteiger partial charge < -0.3 is 10.3 Å². The van der Waals surface area contributed by atoms with Crippen molar-refractivity contribution < 1.29 is 4.79 Å². The Morgan fingerprint density at radius 3 is 2.88 bits per heavy atom. The highest BCUT2D eigenvalue weighted by Gasteiger charge is 2.07. The molecule has 1 aromatic carbocycles. The number of carbonyl (C=O) groups excluding carboxylic acids is 1. The first kappa shape index (κ1) is 16.1. The Labute approximate surface area is 141 Å². The molecule has 2 heterocycles. The molecule has 0 saturated heterocycles. The van der Waals surface area contributed by atoms with E-state index >= 15 is 0 Å². The number of nitrogens with one attached hydrogen (secondary N) is 2. The summed E-state index contributed by atoms with van der Waals surface area (Å²) >= 11 is 0. The average Bonchev–Trinajstić information content (AvgIpc) is 3.08. The number of fused-ring (bicyclic) bond motifs is 1. The predicted molar refractivity (Wildman–Crippen MR) is 96.7 cm³/mol. The first-order chi connectivity index (χ1) is 11.6. The van der Waals surface area contributed by atoms with E-state index in [0.29, 0.717) is 6.54 Å². The highest BCUT2D eigenvalue weighted by atomic mass is 16.1. The molecule has 0 unspecified atom stereocenters. The Kier molecular flexibility index (Phi) is 4.51. The van der Waals surface area contributed by atoms with Gasteiger partial charge in [-0.2, -0.15) is 5.10 Å². The van der Waals surface area contributed by atoms with Crippen molar-refractivity contribution in [2.75, 3.05) is 6.54 Å². The fraction of sp³-hybridized carbons (Fsp3) is 0.263. The summed E-state index contributed by atoms with van der Waals surface area (Å²) in [6, 6.07) is 8.19. The van der Waals surface area contributed by atoms with Crippen molar-refractivity contribution in [3.63, 3.8) is 0 Å². The maximum absolute atomic E-state index is 12.0. The number of hydrogen-bond donors (Lipinski definition) is 2. The Morgan fingerprint density at radius 1 is 1.33 bits per heavy atom. The molecule has 3 aromatic rings. The van der Waals surface area contributed by atoms with Crippen molar-refractivity contribution in [1.29, 1.82) is 0 Å². The van der Waals surface area contributed by atoms with Crippen LogP contribution in [-0.4, -0.2) is 27.2 Å². The van der Waals surface area contributed by atoms with Gasteiger partial charge >= 0.3 is 0 Å². The van der Waals surface area contributed by atoms with Gasteiger partial charge in [-0.3, -0.25) is 9.48 Å². The van der Waals surface area contributed by atoms with Gasteiger partial charge in [-0.25, -0.2) is 0 Å². The van der Waals surface area contributed by atoms with E-state index < -0.39 is 0 Å². The maximum Gasteiger partial charge on any atom is 0.244 e. The summed E-state index contributed by atoms with van der Waals surface area (Å²) in [4.78, 5) is 15.3. The molecule has 3 rings (SSSR count). The lowest BCUT2D eigenvalue weighted by atomic mass is 10.1. The molecule has 0 fully saturated rings. The number of rotatable bonds is 5. The van der Waals surface area contributed by atoms with Crippen molar-refractivity contribution in [2.24, 2.45) is 7.05 Å². The standard InChI is InChI=1S/C19H22N4O/c1-13-16(14(2)23(3)22-13)8-9-19(24)20-11-10-15-12-21-18-7-5-4-6-17(15)18/h4-9,12,21H,10-11H2,1-3H3,(H,20,24)/b9-8+. The summed E-state index contributed by atoms with van der Waals surface area (Å²) in [7, 11) is 1.90. The Balaban J connectivity index is 1.57. The minimum atomic E-state index is -0.0857. The normalized spacial score (nSPS) is 11.5. The molecule has 0 bridgehead atoms. The second kappa shape index (κ2) is 6.74. The maximum atomic E-state index is 12.0. The average molecular weight is 322 g/mol. The van der Waals surface area contributed by atoms with Gasteiger partial charge in [-0.15, -0.1) is 0 Å². The molecule has 0 aliphatic rings. The van der Waals surface area contributed by atoms with Gasteiger partial charge in [-0.1, -0.05) is 18.2 Å². The van der Waals surface area contributed by atoms with Crippen LogP contribution in [0.15, 0.2) is 36.5 Å². The third-order valence-electron chi connectivity index (χ3n) is 4.33. The summed E-state index contributed by atoms with van der Waals surface area (Å²) < 4.78 is 1.82. The highest BCUT2D eigenvalue weighted by Crippen LogP contribution is 2.17. The van der Waals surface area contributed by atoms with Crippen LogP contribution in [0.4, 0.5) is 0 Å². The van der Waals surface area contributed by atoms with Crippen molar-refractivity contribution in [3.8, 4) is 0 Å². The van der Waals surface area contributed by atoms with Crippen LogP contribution in [0, 0.1) is 13.8 Å². The zero-order chi connectivity index (χ0) is 17.1. The van der Waals surface area contributed by atoms with Gasteiger partial charge in [0.15, 0.2) is 0 Å².